The second-order valence-electron chi connectivity index (χ2n) is 8.75. The fraction of sp³-hybridized carbons (Fsp3) is 0.280. The number of aliphatic imine (C=N–C) groups is 1. The van der Waals surface area contributed by atoms with Crippen LogP contribution in [0.4, 0.5) is 29.3 Å². The number of carbonyl (C=O) groups excluding carboxylic acids is 1. The van der Waals surface area contributed by atoms with Crippen molar-refractivity contribution < 1.29 is 18.0 Å². The van der Waals surface area contributed by atoms with E-state index in [1.165, 1.54) is 13.0 Å². The fourth-order valence-electron chi connectivity index (χ4n) is 4.16. The first-order valence-corrected chi connectivity index (χ1v) is 10.6. The summed E-state index contributed by atoms with van der Waals surface area (Å²) in [5.74, 6) is 0. The van der Waals surface area contributed by atoms with Gasteiger partial charge in [-0.1, -0.05) is 25.1 Å². The van der Waals surface area contributed by atoms with Gasteiger partial charge in [0.25, 0.3) is 0 Å². The van der Waals surface area contributed by atoms with Crippen molar-refractivity contribution in [1.29, 1.82) is 0 Å². The Balaban J connectivity index is 1.55. The maximum absolute atomic E-state index is 13.3. The topological polar surface area (TPSA) is 58.4 Å². The van der Waals surface area contributed by atoms with Gasteiger partial charge in [-0.05, 0) is 55.7 Å². The summed E-state index contributed by atoms with van der Waals surface area (Å²) in [6.45, 7) is 5.97. The molecule has 172 valence electrons. The normalized spacial score (nSPS) is 18.0. The van der Waals surface area contributed by atoms with Gasteiger partial charge in [-0.2, -0.15) is 13.2 Å². The maximum Gasteiger partial charge on any atom is 0.416 e. The lowest BCUT2D eigenvalue weighted by Gasteiger charge is -2.27. The number of nitrogens with one attached hydrogen (secondary N) is 2. The van der Waals surface area contributed by atoms with Gasteiger partial charge in [0.05, 0.1) is 16.8 Å². The van der Waals surface area contributed by atoms with Crippen molar-refractivity contribution in [3.05, 3.63) is 71.6 Å². The molecule has 1 unspecified atom stereocenters. The number of hydrogen-bond acceptors (Lipinski definition) is 2. The largest absolute Gasteiger partial charge is 0.416 e. The summed E-state index contributed by atoms with van der Waals surface area (Å²) in [4.78, 5) is 16.8. The van der Waals surface area contributed by atoms with Gasteiger partial charge in [0, 0.05) is 41.6 Å². The number of amides is 2. The molecular weight excluding hydrogens is 429 g/mol. The number of aryl methyl sites for hydroxylation is 2. The molecule has 1 atom stereocenters. The van der Waals surface area contributed by atoms with Crippen LogP contribution < -0.4 is 10.6 Å². The van der Waals surface area contributed by atoms with Crippen molar-refractivity contribution >= 4 is 34.5 Å². The van der Waals surface area contributed by atoms with E-state index < -0.39 is 17.8 Å². The molecule has 2 N–H and O–H groups in total. The summed E-state index contributed by atoms with van der Waals surface area (Å²) >= 11 is 0. The van der Waals surface area contributed by atoms with Crippen LogP contribution in [-0.4, -0.2) is 16.8 Å². The highest BCUT2D eigenvalue weighted by atomic mass is 19.4. The SMILES string of the molecule is Cc1cc(C)c(C(F)(F)F)cc1NC(=O)Nc1cccc2c1ccn2CC1(C)C=CN=CC1. The molecule has 1 aliphatic rings. The third kappa shape index (κ3) is 4.79. The van der Waals surface area contributed by atoms with Crippen molar-refractivity contribution in [2.45, 2.75) is 39.9 Å². The molecule has 4 rings (SSSR count). The molecule has 0 saturated heterocycles. The minimum atomic E-state index is -4.49. The molecule has 1 aromatic heterocycles. The number of rotatable bonds is 4. The smallest absolute Gasteiger partial charge is 0.347 e. The van der Waals surface area contributed by atoms with Crippen LogP contribution in [0, 0.1) is 19.3 Å². The molecule has 0 aliphatic carbocycles. The quantitative estimate of drug-likeness (QED) is 0.442. The van der Waals surface area contributed by atoms with Crippen molar-refractivity contribution in [2.75, 3.05) is 10.6 Å². The van der Waals surface area contributed by atoms with Gasteiger partial charge in [0.1, 0.15) is 0 Å². The van der Waals surface area contributed by atoms with Crippen LogP contribution in [0.5, 0.6) is 0 Å². The number of nitrogens with zero attached hydrogens (tertiary/aromatic N) is 2. The third-order valence-corrected chi connectivity index (χ3v) is 5.94. The van der Waals surface area contributed by atoms with Gasteiger partial charge in [0.2, 0.25) is 0 Å². The maximum atomic E-state index is 13.3. The van der Waals surface area contributed by atoms with E-state index >= 15 is 0 Å². The Morgan fingerprint density at radius 1 is 1.12 bits per heavy atom. The van der Waals surface area contributed by atoms with E-state index in [1.807, 2.05) is 36.8 Å². The zero-order valence-corrected chi connectivity index (χ0v) is 18.6. The second-order valence-corrected chi connectivity index (χ2v) is 8.75. The number of benzene rings is 2. The molecule has 2 amide bonds. The highest BCUT2D eigenvalue weighted by Gasteiger charge is 2.33. The molecule has 8 heteroatoms. The zero-order valence-electron chi connectivity index (χ0n) is 18.6. The molecular formula is C25H25F3N4O. The Bertz CT molecular complexity index is 1270. The standard InChI is InChI=1S/C25H25F3N4O/c1-16-13-17(2)21(14-19(16)25(26,27)28)31-23(33)30-20-5-4-6-22-18(20)7-12-32(22)15-24(3)8-10-29-11-9-24/h4-8,10-14H,9,15H2,1-3H3,(H2,30,31,33). The molecule has 1 aliphatic heterocycles. The van der Waals surface area contributed by atoms with Gasteiger partial charge in [-0.25, -0.2) is 4.79 Å². The van der Waals surface area contributed by atoms with E-state index in [1.54, 1.807) is 13.0 Å². The molecule has 0 radical (unpaired) electrons. The number of fused-ring (bicyclic) bond motifs is 1. The van der Waals surface area contributed by atoms with Crippen LogP contribution >= 0.6 is 0 Å². The van der Waals surface area contributed by atoms with E-state index in [9.17, 15) is 18.0 Å². The second kappa shape index (κ2) is 8.42. The average molecular weight is 454 g/mol. The number of hydrogen-bond donors (Lipinski definition) is 2. The molecule has 0 fully saturated rings. The lowest BCUT2D eigenvalue weighted by Crippen LogP contribution is -2.22. The number of urea groups is 1. The summed E-state index contributed by atoms with van der Waals surface area (Å²) in [6.07, 6.45) is 4.12. The number of allylic oxidation sites excluding steroid dienone is 1. The minimum Gasteiger partial charge on any atom is -0.347 e. The van der Waals surface area contributed by atoms with E-state index in [4.69, 9.17) is 0 Å². The van der Waals surface area contributed by atoms with Gasteiger partial charge in [0.15, 0.2) is 0 Å². The first-order chi connectivity index (χ1) is 15.6. The fourth-order valence-corrected chi connectivity index (χ4v) is 4.16. The predicted molar refractivity (Wildman–Crippen MR) is 126 cm³/mol. The molecule has 33 heavy (non-hydrogen) atoms. The minimum absolute atomic E-state index is 0.0618. The summed E-state index contributed by atoms with van der Waals surface area (Å²) in [5.41, 5.74) is 1.49. The highest BCUT2D eigenvalue weighted by molar-refractivity contribution is 6.06. The van der Waals surface area contributed by atoms with Crippen LogP contribution in [0.3, 0.4) is 0 Å². The molecule has 3 aromatic rings. The summed E-state index contributed by atoms with van der Waals surface area (Å²) in [5, 5.41) is 6.19. The third-order valence-electron chi connectivity index (χ3n) is 5.94. The van der Waals surface area contributed by atoms with Crippen LogP contribution in [0.15, 0.2) is 59.9 Å². The highest BCUT2D eigenvalue weighted by Crippen LogP contribution is 2.35. The van der Waals surface area contributed by atoms with E-state index in [-0.39, 0.29) is 16.7 Å². The number of alkyl halides is 3. The van der Waals surface area contributed by atoms with Crippen LogP contribution in [0.25, 0.3) is 10.9 Å². The first-order valence-electron chi connectivity index (χ1n) is 10.6. The molecule has 0 spiro atoms. The van der Waals surface area contributed by atoms with Crippen molar-refractivity contribution in [3.63, 3.8) is 0 Å². The van der Waals surface area contributed by atoms with Gasteiger partial charge in [-0.3, -0.25) is 4.99 Å². The van der Waals surface area contributed by atoms with Gasteiger partial charge < -0.3 is 15.2 Å². The van der Waals surface area contributed by atoms with Crippen molar-refractivity contribution in [3.8, 4) is 0 Å². The number of anilines is 2. The molecule has 5 nitrogen and oxygen atoms in total. The lowest BCUT2D eigenvalue weighted by atomic mass is 9.86. The summed E-state index contributed by atoms with van der Waals surface area (Å²) in [7, 11) is 0. The molecule has 2 heterocycles. The van der Waals surface area contributed by atoms with Gasteiger partial charge >= 0.3 is 12.2 Å². The predicted octanol–water partition coefficient (Wildman–Crippen LogP) is 6.92. The number of carbonyl (C=O) groups is 1. The zero-order chi connectivity index (χ0) is 23.8. The summed E-state index contributed by atoms with van der Waals surface area (Å²) < 4.78 is 42.0. The van der Waals surface area contributed by atoms with Crippen LogP contribution in [-0.2, 0) is 12.7 Å². The number of aromatic nitrogens is 1. The first kappa shape index (κ1) is 22.6. The van der Waals surface area contributed by atoms with E-state index in [0.717, 1.165) is 29.9 Å². The van der Waals surface area contributed by atoms with E-state index in [2.05, 4.69) is 33.2 Å². The summed E-state index contributed by atoms with van der Waals surface area (Å²) in [6, 6.07) is 9.30. The Labute approximate surface area is 190 Å². The van der Waals surface area contributed by atoms with E-state index in [0.29, 0.717) is 11.3 Å². The Morgan fingerprint density at radius 2 is 1.88 bits per heavy atom. The number of halogens is 3. The Kier molecular flexibility index (Phi) is 5.78. The Morgan fingerprint density at radius 3 is 2.58 bits per heavy atom. The van der Waals surface area contributed by atoms with Crippen molar-refractivity contribution in [1.82, 2.24) is 4.57 Å². The lowest BCUT2D eigenvalue weighted by molar-refractivity contribution is -0.138. The molecule has 0 saturated carbocycles. The van der Waals surface area contributed by atoms with Crippen LogP contribution in [0.1, 0.15) is 30.0 Å². The molecule has 0 bridgehead atoms. The monoisotopic (exact) mass is 454 g/mol. The van der Waals surface area contributed by atoms with Crippen molar-refractivity contribution in [2.24, 2.45) is 10.4 Å². The average Bonchev–Trinajstić information content (AvgIpc) is 3.13. The van der Waals surface area contributed by atoms with Gasteiger partial charge in [-0.15, -0.1) is 0 Å². The molecule has 2 aromatic carbocycles. The van der Waals surface area contributed by atoms with Crippen LogP contribution in [0.2, 0.25) is 0 Å². The Hall–Kier alpha value is -3.55.